The molecule has 0 saturated carbocycles. The average molecular weight is 349 g/mol. The van der Waals surface area contributed by atoms with Gasteiger partial charge in [-0.3, -0.25) is 0 Å². The van der Waals surface area contributed by atoms with Crippen LogP contribution in [0.25, 0.3) is 0 Å². The predicted molar refractivity (Wildman–Crippen MR) is 90.5 cm³/mol. The molecule has 25 heavy (non-hydrogen) atoms. The van der Waals surface area contributed by atoms with Gasteiger partial charge in [-0.1, -0.05) is 12.1 Å². The first kappa shape index (κ1) is 18.8. The molecule has 1 heterocycles. The number of carbonyl (C=O) groups is 2. The zero-order valence-corrected chi connectivity index (χ0v) is 15.1. The summed E-state index contributed by atoms with van der Waals surface area (Å²) in [4.78, 5) is 29.4. The molecule has 7 nitrogen and oxygen atoms in total. The van der Waals surface area contributed by atoms with E-state index < -0.39 is 29.2 Å². The summed E-state index contributed by atoms with van der Waals surface area (Å²) in [6.07, 6.45) is 1.09. The van der Waals surface area contributed by atoms with Gasteiger partial charge in [0.05, 0.1) is 13.7 Å². The Morgan fingerprint density at radius 3 is 2.40 bits per heavy atom. The summed E-state index contributed by atoms with van der Waals surface area (Å²) in [5, 5.41) is 0. The van der Waals surface area contributed by atoms with Crippen LogP contribution in [-0.4, -0.2) is 43.7 Å². The third-order valence-corrected chi connectivity index (χ3v) is 3.56. The first-order valence-electron chi connectivity index (χ1n) is 7.98. The van der Waals surface area contributed by atoms with Gasteiger partial charge in [-0.05, 0) is 39.8 Å². The lowest BCUT2D eigenvalue weighted by Gasteiger charge is -2.31. The molecule has 2 atom stereocenters. The molecule has 0 aromatic heterocycles. The number of benzene rings is 1. The van der Waals surface area contributed by atoms with Crippen molar-refractivity contribution in [2.75, 3.05) is 13.7 Å². The molecule has 0 fully saturated rings. The van der Waals surface area contributed by atoms with Crippen molar-refractivity contribution in [3.8, 4) is 5.75 Å². The molecule has 0 aliphatic carbocycles. The van der Waals surface area contributed by atoms with Crippen LogP contribution >= 0.6 is 0 Å². The molecule has 1 aliphatic heterocycles. The number of ether oxygens (including phenoxy) is 4. The fourth-order valence-electron chi connectivity index (χ4n) is 2.51. The van der Waals surface area contributed by atoms with Gasteiger partial charge in [0.25, 0.3) is 5.60 Å². The molecule has 7 heteroatoms. The van der Waals surface area contributed by atoms with E-state index in [1.165, 1.54) is 7.11 Å². The second-order valence-electron chi connectivity index (χ2n) is 6.49. The molecular weight excluding hydrogens is 326 g/mol. The van der Waals surface area contributed by atoms with Crippen molar-refractivity contribution in [2.45, 2.75) is 44.9 Å². The number of hydrogen-bond acceptors (Lipinski definition) is 7. The Kier molecular flexibility index (Phi) is 5.35. The Morgan fingerprint density at radius 1 is 1.24 bits per heavy atom. The van der Waals surface area contributed by atoms with Crippen LogP contribution in [0.3, 0.4) is 0 Å². The number of aliphatic imine (C=N–C) groups is 1. The van der Waals surface area contributed by atoms with Gasteiger partial charge in [0.1, 0.15) is 11.4 Å². The quantitative estimate of drug-likeness (QED) is 0.758. The highest BCUT2D eigenvalue weighted by Crippen LogP contribution is 2.38. The van der Waals surface area contributed by atoms with Gasteiger partial charge < -0.3 is 18.9 Å². The van der Waals surface area contributed by atoms with E-state index in [-0.39, 0.29) is 6.61 Å². The van der Waals surface area contributed by atoms with Crippen molar-refractivity contribution >= 4 is 18.3 Å². The van der Waals surface area contributed by atoms with Gasteiger partial charge in [0.2, 0.25) is 6.04 Å². The number of carbonyl (C=O) groups excluding carboxylic acids is 2. The predicted octanol–water partition coefficient (Wildman–Crippen LogP) is 2.22. The van der Waals surface area contributed by atoms with Crippen LogP contribution in [-0.2, 0) is 29.4 Å². The molecule has 1 aliphatic rings. The zero-order chi connectivity index (χ0) is 18.7. The molecule has 0 unspecified atom stereocenters. The first-order valence-corrected chi connectivity index (χ1v) is 7.98. The highest BCUT2D eigenvalue weighted by atomic mass is 16.6. The summed E-state index contributed by atoms with van der Waals surface area (Å²) in [5.41, 5.74) is -2.01. The molecule has 1 aromatic rings. The number of esters is 2. The zero-order valence-electron chi connectivity index (χ0n) is 15.1. The lowest BCUT2D eigenvalue weighted by Crippen LogP contribution is -2.51. The van der Waals surface area contributed by atoms with Crippen molar-refractivity contribution in [3.05, 3.63) is 29.8 Å². The van der Waals surface area contributed by atoms with Crippen LogP contribution in [0, 0.1) is 0 Å². The van der Waals surface area contributed by atoms with Crippen LogP contribution in [0.1, 0.15) is 33.3 Å². The SMILES string of the molecule is CCOC(=O)[C@@]1(c2ccc(OC)cc2)OC=N[C@H]1C(=O)OC(C)(C)C. The van der Waals surface area contributed by atoms with E-state index in [1.54, 1.807) is 52.0 Å². The van der Waals surface area contributed by atoms with E-state index >= 15 is 0 Å². The lowest BCUT2D eigenvalue weighted by molar-refractivity contribution is -0.175. The van der Waals surface area contributed by atoms with Gasteiger partial charge in [0.15, 0.2) is 6.40 Å². The second kappa shape index (κ2) is 7.13. The van der Waals surface area contributed by atoms with Gasteiger partial charge in [0, 0.05) is 5.56 Å². The Bertz CT molecular complexity index is 661. The van der Waals surface area contributed by atoms with E-state index in [1.807, 2.05) is 0 Å². The maximum Gasteiger partial charge on any atom is 0.358 e. The highest BCUT2D eigenvalue weighted by Gasteiger charge is 2.58. The Labute approximate surface area is 146 Å². The lowest BCUT2D eigenvalue weighted by atomic mass is 9.86. The van der Waals surface area contributed by atoms with Crippen molar-refractivity contribution < 1.29 is 28.5 Å². The van der Waals surface area contributed by atoms with Crippen LogP contribution in [0.4, 0.5) is 0 Å². The highest BCUT2D eigenvalue weighted by molar-refractivity contribution is 5.94. The molecule has 0 amide bonds. The summed E-state index contributed by atoms with van der Waals surface area (Å²) >= 11 is 0. The smallest absolute Gasteiger partial charge is 0.358 e. The third-order valence-electron chi connectivity index (χ3n) is 3.56. The van der Waals surface area contributed by atoms with Gasteiger partial charge in [-0.25, -0.2) is 14.6 Å². The van der Waals surface area contributed by atoms with Gasteiger partial charge in [-0.2, -0.15) is 0 Å². The molecule has 0 saturated heterocycles. The van der Waals surface area contributed by atoms with Gasteiger partial charge in [-0.15, -0.1) is 0 Å². The van der Waals surface area contributed by atoms with E-state index in [0.29, 0.717) is 11.3 Å². The van der Waals surface area contributed by atoms with E-state index in [2.05, 4.69) is 4.99 Å². The van der Waals surface area contributed by atoms with Crippen LogP contribution < -0.4 is 4.74 Å². The maximum atomic E-state index is 12.7. The second-order valence-corrected chi connectivity index (χ2v) is 6.49. The minimum Gasteiger partial charge on any atom is -0.497 e. The molecule has 2 rings (SSSR count). The standard InChI is InChI=1S/C18H23NO6/c1-6-23-16(21)18(12-7-9-13(22-5)10-8-12)14(19-11-24-18)15(20)25-17(2,3)4/h7-11,14H,6H2,1-5H3/t14-,18-/m0/s1. The van der Waals surface area contributed by atoms with Crippen LogP contribution in [0.5, 0.6) is 5.75 Å². The van der Waals surface area contributed by atoms with Crippen molar-refractivity contribution in [1.29, 1.82) is 0 Å². The van der Waals surface area contributed by atoms with Crippen LogP contribution in [0.2, 0.25) is 0 Å². The van der Waals surface area contributed by atoms with Crippen molar-refractivity contribution in [2.24, 2.45) is 4.99 Å². The van der Waals surface area contributed by atoms with E-state index in [0.717, 1.165) is 6.40 Å². The maximum absolute atomic E-state index is 12.7. The number of hydrogen-bond donors (Lipinski definition) is 0. The summed E-state index contributed by atoms with van der Waals surface area (Å²) in [6, 6.07) is 5.43. The molecule has 0 radical (unpaired) electrons. The largest absolute Gasteiger partial charge is 0.497 e. The Balaban J connectivity index is 2.47. The van der Waals surface area contributed by atoms with Gasteiger partial charge >= 0.3 is 11.9 Å². The minimum atomic E-state index is -1.72. The number of rotatable bonds is 5. The van der Waals surface area contributed by atoms with Crippen LogP contribution in [0.15, 0.2) is 29.3 Å². The van der Waals surface area contributed by atoms with Crippen molar-refractivity contribution in [3.63, 3.8) is 0 Å². The Hall–Kier alpha value is -2.57. The molecule has 0 N–H and O–H groups in total. The number of methoxy groups -OCH3 is 1. The third kappa shape index (κ3) is 3.75. The molecule has 0 bridgehead atoms. The summed E-state index contributed by atoms with van der Waals surface area (Å²) in [6.45, 7) is 7.04. The first-order chi connectivity index (χ1) is 11.7. The van der Waals surface area contributed by atoms with Crippen molar-refractivity contribution in [1.82, 2.24) is 0 Å². The molecule has 136 valence electrons. The molecule has 0 spiro atoms. The Morgan fingerprint density at radius 2 is 1.88 bits per heavy atom. The summed E-state index contributed by atoms with van der Waals surface area (Å²) in [7, 11) is 1.54. The van der Waals surface area contributed by atoms with E-state index in [4.69, 9.17) is 18.9 Å². The fraction of sp³-hybridized carbons (Fsp3) is 0.500. The monoisotopic (exact) mass is 349 g/mol. The molecular formula is C18H23NO6. The summed E-state index contributed by atoms with van der Waals surface area (Å²) < 4.78 is 21.3. The fourth-order valence-corrected chi connectivity index (χ4v) is 2.51. The topological polar surface area (TPSA) is 83.4 Å². The summed E-state index contributed by atoms with van der Waals surface area (Å²) in [5.74, 6) is -0.755. The normalized spacial score (nSPS) is 22.2. The van der Waals surface area contributed by atoms with E-state index in [9.17, 15) is 9.59 Å². The average Bonchev–Trinajstić information content (AvgIpc) is 3.00. The molecule has 1 aromatic carbocycles. The minimum absolute atomic E-state index is 0.140. The number of nitrogens with zero attached hydrogens (tertiary/aromatic N) is 1.